The molecule has 1 aliphatic rings. The first-order chi connectivity index (χ1) is 13.8. The quantitative estimate of drug-likeness (QED) is 0.231. The van der Waals surface area contributed by atoms with Gasteiger partial charge in [-0.05, 0) is 25.5 Å². The highest BCUT2D eigenvalue weighted by atomic mass is 127. The second kappa shape index (κ2) is 12.6. The van der Waals surface area contributed by atoms with Crippen LogP contribution >= 0.6 is 24.0 Å². The molecule has 1 heterocycles. The SMILES string of the molecule is C=C(C)CNC(=NCC(=O)N(C)C)NC1CCN(c2ccccc2OC(F)F)C1.I. The summed E-state index contributed by atoms with van der Waals surface area (Å²) in [6.45, 7) is 4.73. The van der Waals surface area contributed by atoms with E-state index in [1.807, 2.05) is 11.8 Å². The molecule has 30 heavy (non-hydrogen) atoms. The van der Waals surface area contributed by atoms with E-state index in [9.17, 15) is 13.6 Å². The van der Waals surface area contributed by atoms with Crippen LogP contribution < -0.4 is 20.3 Å². The Kier molecular flexibility index (Phi) is 10.8. The predicted molar refractivity (Wildman–Crippen MR) is 126 cm³/mol. The molecule has 1 aromatic carbocycles. The fraction of sp³-hybridized carbons (Fsp3) is 0.500. The largest absolute Gasteiger partial charge is 0.433 e. The van der Waals surface area contributed by atoms with E-state index < -0.39 is 6.61 Å². The highest BCUT2D eigenvalue weighted by Crippen LogP contribution is 2.31. The highest BCUT2D eigenvalue weighted by molar-refractivity contribution is 14.0. The number of aliphatic imine (C=N–C) groups is 1. The normalized spacial score (nSPS) is 16.1. The minimum Gasteiger partial charge on any atom is -0.433 e. The molecule has 10 heteroatoms. The summed E-state index contributed by atoms with van der Waals surface area (Å²) in [6.07, 6.45) is 0.790. The maximum atomic E-state index is 12.7. The summed E-state index contributed by atoms with van der Waals surface area (Å²) in [7, 11) is 3.36. The molecule has 1 amide bonds. The summed E-state index contributed by atoms with van der Waals surface area (Å²) in [6, 6.07) is 6.81. The average molecular weight is 537 g/mol. The van der Waals surface area contributed by atoms with Crippen molar-refractivity contribution in [1.29, 1.82) is 0 Å². The lowest BCUT2D eigenvalue weighted by atomic mass is 10.2. The molecule has 0 bridgehead atoms. The number of hydrogen-bond acceptors (Lipinski definition) is 4. The number of alkyl halides is 2. The summed E-state index contributed by atoms with van der Waals surface area (Å²) >= 11 is 0. The molecular formula is C20H30F2IN5O2. The van der Waals surface area contributed by atoms with Gasteiger partial charge < -0.3 is 25.2 Å². The summed E-state index contributed by atoms with van der Waals surface area (Å²) < 4.78 is 30.0. The van der Waals surface area contributed by atoms with Crippen LogP contribution in [0.2, 0.25) is 0 Å². The lowest BCUT2D eigenvalue weighted by Crippen LogP contribution is -2.45. The van der Waals surface area contributed by atoms with Crippen LogP contribution in [-0.2, 0) is 4.79 Å². The van der Waals surface area contributed by atoms with Crippen molar-refractivity contribution >= 4 is 41.5 Å². The fourth-order valence-electron chi connectivity index (χ4n) is 2.88. The van der Waals surface area contributed by atoms with Crippen LogP contribution in [0.15, 0.2) is 41.4 Å². The van der Waals surface area contributed by atoms with Gasteiger partial charge in [0.1, 0.15) is 12.3 Å². The van der Waals surface area contributed by atoms with Crippen molar-refractivity contribution in [2.75, 3.05) is 45.2 Å². The van der Waals surface area contributed by atoms with E-state index in [1.165, 1.54) is 11.0 Å². The van der Waals surface area contributed by atoms with Crippen molar-refractivity contribution in [2.45, 2.75) is 26.0 Å². The number of amides is 1. The molecular weight excluding hydrogens is 507 g/mol. The van der Waals surface area contributed by atoms with Crippen LogP contribution in [0.5, 0.6) is 5.75 Å². The van der Waals surface area contributed by atoms with Gasteiger partial charge in [-0.1, -0.05) is 24.3 Å². The van der Waals surface area contributed by atoms with Crippen LogP contribution in [0.1, 0.15) is 13.3 Å². The van der Waals surface area contributed by atoms with Gasteiger partial charge in [0, 0.05) is 39.8 Å². The van der Waals surface area contributed by atoms with Gasteiger partial charge in [0.2, 0.25) is 5.91 Å². The van der Waals surface area contributed by atoms with Gasteiger partial charge in [0.25, 0.3) is 0 Å². The second-order valence-corrected chi connectivity index (χ2v) is 7.19. The number of halogens is 3. The number of nitrogens with one attached hydrogen (secondary N) is 2. The number of guanidine groups is 1. The first-order valence-corrected chi connectivity index (χ1v) is 9.44. The molecule has 0 radical (unpaired) electrons. The Morgan fingerprint density at radius 3 is 2.73 bits per heavy atom. The second-order valence-electron chi connectivity index (χ2n) is 7.19. The Labute approximate surface area is 193 Å². The van der Waals surface area contributed by atoms with Crippen molar-refractivity contribution < 1.29 is 18.3 Å². The Hall–Kier alpha value is -2.11. The predicted octanol–water partition coefficient (Wildman–Crippen LogP) is 2.68. The van der Waals surface area contributed by atoms with Gasteiger partial charge in [0.05, 0.1) is 5.69 Å². The molecule has 1 aliphatic heterocycles. The lowest BCUT2D eigenvalue weighted by Gasteiger charge is -2.22. The van der Waals surface area contributed by atoms with Crippen LogP contribution in [0.4, 0.5) is 14.5 Å². The molecule has 7 nitrogen and oxygen atoms in total. The number of nitrogens with zero attached hydrogens (tertiary/aromatic N) is 3. The molecule has 1 fully saturated rings. The van der Waals surface area contributed by atoms with Gasteiger partial charge in [0.15, 0.2) is 5.96 Å². The number of anilines is 1. The van der Waals surface area contributed by atoms with E-state index in [4.69, 9.17) is 0 Å². The summed E-state index contributed by atoms with van der Waals surface area (Å²) in [5.74, 6) is 0.578. The number of carbonyl (C=O) groups excluding carboxylic acids is 1. The Morgan fingerprint density at radius 2 is 2.10 bits per heavy atom. The Balaban J connectivity index is 0.00000450. The average Bonchev–Trinajstić information content (AvgIpc) is 3.11. The van der Waals surface area contributed by atoms with Gasteiger partial charge >= 0.3 is 6.61 Å². The zero-order chi connectivity index (χ0) is 21.4. The third-order valence-electron chi connectivity index (χ3n) is 4.38. The number of rotatable bonds is 8. The zero-order valence-corrected chi connectivity index (χ0v) is 19.9. The number of ether oxygens (including phenoxy) is 1. The highest BCUT2D eigenvalue weighted by Gasteiger charge is 2.26. The van der Waals surface area contributed by atoms with Crippen LogP contribution in [-0.4, -0.2) is 69.7 Å². The van der Waals surface area contributed by atoms with E-state index in [2.05, 4.69) is 26.9 Å². The van der Waals surface area contributed by atoms with Crippen LogP contribution in [0, 0.1) is 0 Å². The van der Waals surface area contributed by atoms with Crippen LogP contribution in [0.25, 0.3) is 0 Å². The topological polar surface area (TPSA) is 69.2 Å². The first kappa shape index (κ1) is 25.9. The molecule has 1 aromatic rings. The van der Waals surface area contributed by atoms with Crippen molar-refractivity contribution in [3.8, 4) is 5.75 Å². The van der Waals surface area contributed by atoms with Crippen molar-refractivity contribution in [1.82, 2.24) is 15.5 Å². The molecule has 0 spiro atoms. The molecule has 2 rings (SSSR count). The molecule has 0 aliphatic carbocycles. The maximum absolute atomic E-state index is 12.7. The fourth-order valence-corrected chi connectivity index (χ4v) is 2.88. The van der Waals surface area contributed by atoms with Gasteiger partial charge in [-0.15, -0.1) is 24.0 Å². The van der Waals surface area contributed by atoms with Gasteiger partial charge in [-0.3, -0.25) is 4.79 Å². The molecule has 168 valence electrons. The monoisotopic (exact) mass is 537 g/mol. The molecule has 0 aromatic heterocycles. The Bertz CT molecular complexity index is 746. The number of likely N-dealkylation sites (N-methyl/N-ethyl adjacent to an activating group) is 1. The molecule has 0 saturated carbocycles. The van der Waals surface area contributed by atoms with E-state index >= 15 is 0 Å². The number of para-hydroxylation sites is 2. The number of hydrogen-bond donors (Lipinski definition) is 2. The van der Waals surface area contributed by atoms with Crippen LogP contribution in [0.3, 0.4) is 0 Å². The van der Waals surface area contributed by atoms with Gasteiger partial charge in [-0.25, -0.2) is 4.99 Å². The third-order valence-corrected chi connectivity index (χ3v) is 4.38. The molecule has 1 atom stereocenters. The minimum atomic E-state index is -2.87. The van der Waals surface area contributed by atoms with Crippen molar-refractivity contribution in [2.24, 2.45) is 4.99 Å². The maximum Gasteiger partial charge on any atom is 0.387 e. The molecule has 1 unspecified atom stereocenters. The zero-order valence-electron chi connectivity index (χ0n) is 17.5. The lowest BCUT2D eigenvalue weighted by molar-refractivity contribution is -0.127. The molecule has 1 saturated heterocycles. The third kappa shape index (κ3) is 8.33. The standard InChI is InChI=1S/C20H29F2N5O2.HI/c1-14(2)11-23-20(24-12-18(28)26(3)4)25-15-9-10-27(13-15)16-7-5-6-8-17(16)29-19(21)22;/h5-8,15,19H,1,9-13H2,2-4H3,(H2,23,24,25);1H. The van der Waals surface area contributed by atoms with E-state index in [-0.39, 0.29) is 48.2 Å². The Morgan fingerprint density at radius 1 is 1.40 bits per heavy atom. The summed E-state index contributed by atoms with van der Waals surface area (Å²) in [5, 5.41) is 6.48. The molecule has 2 N–H and O–H groups in total. The minimum absolute atomic E-state index is 0. The van der Waals surface area contributed by atoms with Crippen molar-refractivity contribution in [3.63, 3.8) is 0 Å². The summed E-state index contributed by atoms with van der Waals surface area (Å²) in [5.41, 5.74) is 1.57. The smallest absolute Gasteiger partial charge is 0.387 e. The van der Waals surface area contributed by atoms with E-state index in [0.29, 0.717) is 31.3 Å². The van der Waals surface area contributed by atoms with E-state index in [0.717, 1.165) is 12.0 Å². The van der Waals surface area contributed by atoms with E-state index in [1.54, 1.807) is 32.3 Å². The summed E-state index contributed by atoms with van der Waals surface area (Å²) in [4.78, 5) is 19.7. The van der Waals surface area contributed by atoms with Gasteiger partial charge in [-0.2, -0.15) is 8.78 Å². The first-order valence-electron chi connectivity index (χ1n) is 9.44. The number of carbonyl (C=O) groups is 1. The number of benzene rings is 1. The van der Waals surface area contributed by atoms with Crippen molar-refractivity contribution in [3.05, 3.63) is 36.4 Å².